The van der Waals surface area contributed by atoms with Gasteiger partial charge in [-0.15, -0.1) is 0 Å². The zero-order valence-electron chi connectivity index (χ0n) is 20.7. The lowest BCUT2D eigenvalue weighted by atomic mass is 9.93. The summed E-state index contributed by atoms with van der Waals surface area (Å²) in [5, 5.41) is 16.5. The van der Waals surface area contributed by atoms with Gasteiger partial charge in [-0.25, -0.2) is 0 Å². The highest BCUT2D eigenvalue weighted by atomic mass is 16.5. The molecule has 0 aliphatic carbocycles. The van der Waals surface area contributed by atoms with Crippen LogP contribution in [0.4, 0.5) is 0 Å². The first kappa shape index (κ1) is 25.9. The van der Waals surface area contributed by atoms with Crippen molar-refractivity contribution in [3.8, 4) is 0 Å². The molecule has 0 spiro atoms. The maximum absolute atomic E-state index is 11.5. The van der Waals surface area contributed by atoms with Gasteiger partial charge in [0.25, 0.3) is 0 Å². The highest BCUT2D eigenvalue weighted by Gasteiger charge is 2.20. The van der Waals surface area contributed by atoms with E-state index in [2.05, 4.69) is 61.6 Å². The average molecular weight is 464 g/mol. The van der Waals surface area contributed by atoms with Gasteiger partial charge >= 0.3 is 5.97 Å². The van der Waals surface area contributed by atoms with Crippen LogP contribution in [0.3, 0.4) is 0 Å². The number of carbonyl (C=O) groups excluding carboxylic acids is 1. The molecule has 34 heavy (non-hydrogen) atoms. The van der Waals surface area contributed by atoms with Gasteiger partial charge in [-0.05, 0) is 61.1 Å². The largest absolute Gasteiger partial charge is 0.469 e. The summed E-state index contributed by atoms with van der Waals surface area (Å²) in [6.45, 7) is 6.94. The highest BCUT2D eigenvalue weighted by molar-refractivity contribution is 5.83. The standard InChI is InChI=1S/C29H37NO4/c1-21(27-12-8-7-10-24(27)15-16-28(32)33-4)34-20-26(31)19-30-29(2,3)18-22-13-14-23-9-5-6-11-25(23)17-22/h5-14,17,21,26,30-31H,15-16,18-20H2,1-4H3/t21-,26-/m1/s1. The minimum absolute atomic E-state index is 0.171. The topological polar surface area (TPSA) is 67.8 Å². The van der Waals surface area contributed by atoms with Crippen LogP contribution >= 0.6 is 0 Å². The fraction of sp³-hybridized carbons (Fsp3) is 0.414. The minimum Gasteiger partial charge on any atom is -0.469 e. The van der Waals surface area contributed by atoms with E-state index in [4.69, 9.17) is 9.47 Å². The third-order valence-corrected chi connectivity index (χ3v) is 6.13. The highest BCUT2D eigenvalue weighted by Crippen LogP contribution is 2.23. The molecule has 3 aromatic carbocycles. The van der Waals surface area contributed by atoms with Gasteiger partial charge in [0.1, 0.15) is 0 Å². The first-order valence-electron chi connectivity index (χ1n) is 11.9. The quantitative estimate of drug-likeness (QED) is 0.370. The number of ether oxygens (including phenoxy) is 2. The van der Waals surface area contributed by atoms with Crippen LogP contribution in [0.25, 0.3) is 10.8 Å². The van der Waals surface area contributed by atoms with Crippen molar-refractivity contribution in [3.05, 3.63) is 83.4 Å². The van der Waals surface area contributed by atoms with E-state index in [0.29, 0.717) is 19.4 Å². The predicted octanol–water partition coefficient (Wildman–Crippen LogP) is 4.99. The van der Waals surface area contributed by atoms with Crippen LogP contribution in [0, 0.1) is 0 Å². The van der Waals surface area contributed by atoms with Crippen molar-refractivity contribution in [1.82, 2.24) is 5.32 Å². The van der Waals surface area contributed by atoms with Crippen LogP contribution in [0.5, 0.6) is 0 Å². The van der Waals surface area contributed by atoms with Crippen molar-refractivity contribution >= 4 is 16.7 Å². The summed E-state index contributed by atoms with van der Waals surface area (Å²) in [5.74, 6) is -0.226. The Bertz CT molecular complexity index is 1080. The van der Waals surface area contributed by atoms with Crippen molar-refractivity contribution < 1.29 is 19.4 Å². The Morgan fingerprint density at radius 2 is 1.74 bits per heavy atom. The lowest BCUT2D eigenvalue weighted by Gasteiger charge is -2.28. The van der Waals surface area contributed by atoms with Gasteiger partial charge < -0.3 is 19.9 Å². The van der Waals surface area contributed by atoms with E-state index >= 15 is 0 Å². The molecular weight excluding hydrogens is 426 g/mol. The third kappa shape index (κ3) is 7.66. The number of nitrogens with one attached hydrogen (secondary N) is 1. The lowest BCUT2D eigenvalue weighted by Crippen LogP contribution is -2.46. The number of hydrogen-bond donors (Lipinski definition) is 2. The molecule has 2 N–H and O–H groups in total. The van der Waals surface area contributed by atoms with E-state index in [1.54, 1.807) is 0 Å². The molecule has 0 amide bonds. The van der Waals surface area contributed by atoms with Gasteiger partial charge in [0.2, 0.25) is 0 Å². The molecule has 182 valence electrons. The van der Waals surface area contributed by atoms with E-state index < -0.39 is 6.10 Å². The van der Waals surface area contributed by atoms with Gasteiger partial charge in [0.15, 0.2) is 0 Å². The number of hydrogen-bond acceptors (Lipinski definition) is 5. The molecule has 0 aliphatic rings. The Kier molecular flexibility index (Phi) is 9.22. The van der Waals surface area contributed by atoms with Crippen molar-refractivity contribution in [2.45, 2.75) is 57.8 Å². The summed E-state index contributed by atoms with van der Waals surface area (Å²) in [4.78, 5) is 11.5. The molecular formula is C29H37NO4. The Morgan fingerprint density at radius 3 is 2.50 bits per heavy atom. The van der Waals surface area contributed by atoms with Crippen LogP contribution in [0.2, 0.25) is 0 Å². The number of aliphatic hydroxyl groups excluding tert-OH is 1. The number of carbonyl (C=O) groups is 1. The second kappa shape index (κ2) is 12.1. The molecule has 0 aliphatic heterocycles. The number of β-amino-alcohol motifs (C(OH)–C–C–N with tert-alkyl or cyclic N) is 1. The van der Waals surface area contributed by atoms with Crippen molar-refractivity contribution in [3.63, 3.8) is 0 Å². The fourth-order valence-electron chi connectivity index (χ4n) is 4.22. The molecule has 3 aromatic rings. The summed E-state index contributed by atoms with van der Waals surface area (Å²) in [6, 6.07) is 22.9. The van der Waals surface area contributed by atoms with Crippen LogP contribution < -0.4 is 5.32 Å². The van der Waals surface area contributed by atoms with E-state index in [0.717, 1.165) is 17.5 Å². The van der Waals surface area contributed by atoms with E-state index in [1.807, 2.05) is 31.2 Å². The van der Waals surface area contributed by atoms with Crippen molar-refractivity contribution in [2.75, 3.05) is 20.3 Å². The van der Waals surface area contributed by atoms with Crippen LogP contribution in [0.15, 0.2) is 66.7 Å². The summed E-state index contributed by atoms with van der Waals surface area (Å²) >= 11 is 0. The van der Waals surface area contributed by atoms with Crippen LogP contribution in [-0.4, -0.2) is 43.0 Å². The molecule has 3 rings (SSSR count). The third-order valence-electron chi connectivity index (χ3n) is 6.13. The SMILES string of the molecule is COC(=O)CCc1ccccc1[C@@H](C)OC[C@H](O)CNC(C)(C)Cc1ccc2ccccc2c1. The molecule has 0 saturated heterocycles. The molecule has 0 saturated carbocycles. The average Bonchev–Trinajstić information content (AvgIpc) is 2.84. The molecule has 5 heteroatoms. The van der Waals surface area contributed by atoms with Crippen molar-refractivity contribution in [2.24, 2.45) is 0 Å². The summed E-state index contributed by atoms with van der Waals surface area (Å²) in [6.07, 6.45) is 0.979. The smallest absolute Gasteiger partial charge is 0.305 e. The Hall–Kier alpha value is -2.73. The van der Waals surface area contributed by atoms with Gasteiger partial charge in [-0.1, -0.05) is 66.7 Å². The Labute approximate surface area is 203 Å². The molecule has 0 radical (unpaired) electrons. The molecule has 0 unspecified atom stereocenters. The fourth-order valence-corrected chi connectivity index (χ4v) is 4.22. The molecule has 0 fully saturated rings. The Balaban J connectivity index is 1.48. The van der Waals surface area contributed by atoms with Gasteiger partial charge in [0.05, 0.1) is 25.9 Å². The zero-order chi connectivity index (χ0) is 24.6. The van der Waals surface area contributed by atoms with Crippen LogP contribution in [-0.2, 0) is 27.1 Å². The minimum atomic E-state index is -0.624. The molecule has 5 nitrogen and oxygen atoms in total. The van der Waals surface area contributed by atoms with Crippen LogP contribution in [0.1, 0.15) is 50.0 Å². The first-order chi connectivity index (χ1) is 16.3. The number of benzene rings is 3. The van der Waals surface area contributed by atoms with Gasteiger partial charge in [-0.3, -0.25) is 4.79 Å². The van der Waals surface area contributed by atoms with Gasteiger partial charge in [0, 0.05) is 18.5 Å². The normalized spacial score (nSPS) is 13.6. The lowest BCUT2D eigenvalue weighted by molar-refractivity contribution is -0.140. The summed E-state index contributed by atoms with van der Waals surface area (Å²) < 4.78 is 10.7. The molecule has 0 heterocycles. The number of aliphatic hydroxyl groups is 1. The Morgan fingerprint density at radius 1 is 1.03 bits per heavy atom. The second-order valence-corrected chi connectivity index (χ2v) is 9.53. The molecule has 2 atom stereocenters. The van der Waals surface area contributed by atoms with E-state index in [-0.39, 0.29) is 24.2 Å². The van der Waals surface area contributed by atoms with Gasteiger partial charge in [-0.2, -0.15) is 0 Å². The summed E-state index contributed by atoms with van der Waals surface area (Å²) in [5.41, 5.74) is 3.18. The number of methoxy groups -OCH3 is 1. The monoisotopic (exact) mass is 463 g/mol. The zero-order valence-corrected chi connectivity index (χ0v) is 20.7. The predicted molar refractivity (Wildman–Crippen MR) is 137 cm³/mol. The number of esters is 1. The number of fused-ring (bicyclic) bond motifs is 1. The molecule has 0 aromatic heterocycles. The maximum atomic E-state index is 11.5. The van der Waals surface area contributed by atoms with Crippen molar-refractivity contribution in [1.29, 1.82) is 0 Å². The second-order valence-electron chi connectivity index (χ2n) is 9.53. The maximum Gasteiger partial charge on any atom is 0.305 e. The molecule has 0 bridgehead atoms. The number of aryl methyl sites for hydroxylation is 1. The first-order valence-corrected chi connectivity index (χ1v) is 11.9. The number of rotatable bonds is 12. The van der Waals surface area contributed by atoms with E-state index in [1.165, 1.54) is 23.4 Å². The van der Waals surface area contributed by atoms with E-state index in [9.17, 15) is 9.90 Å². The summed E-state index contributed by atoms with van der Waals surface area (Å²) in [7, 11) is 1.40.